The van der Waals surface area contributed by atoms with Crippen LogP contribution in [0, 0.1) is 0 Å². The van der Waals surface area contributed by atoms with E-state index in [1.165, 1.54) is 0 Å². The number of hydrogen-bond acceptors (Lipinski definition) is 5. The Balaban J connectivity index is 2.03. The quantitative estimate of drug-likeness (QED) is 0.789. The molecule has 0 spiro atoms. The number of hydroxylamine groups is 1. The van der Waals surface area contributed by atoms with Crippen LogP contribution in [0.3, 0.4) is 0 Å². The van der Waals surface area contributed by atoms with Gasteiger partial charge in [-0.25, -0.2) is 0 Å². The second kappa shape index (κ2) is 6.75. The van der Waals surface area contributed by atoms with Gasteiger partial charge < -0.3 is 19.2 Å². The van der Waals surface area contributed by atoms with Gasteiger partial charge in [-0.2, -0.15) is 5.48 Å². The van der Waals surface area contributed by atoms with Crippen LogP contribution in [0.15, 0.2) is 18.2 Å². The molecular formula is C14H22N2O3. The van der Waals surface area contributed by atoms with Crippen LogP contribution in [0.25, 0.3) is 0 Å². The summed E-state index contributed by atoms with van der Waals surface area (Å²) in [5, 5.41) is 0. The van der Waals surface area contributed by atoms with Gasteiger partial charge in [0.2, 0.25) is 0 Å². The van der Waals surface area contributed by atoms with E-state index in [1.807, 2.05) is 18.2 Å². The van der Waals surface area contributed by atoms with Gasteiger partial charge in [0.1, 0.15) is 6.10 Å². The van der Waals surface area contributed by atoms with Crippen molar-refractivity contribution in [3.05, 3.63) is 23.8 Å². The van der Waals surface area contributed by atoms with E-state index >= 15 is 0 Å². The zero-order chi connectivity index (χ0) is 13.7. The summed E-state index contributed by atoms with van der Waals surface area (Å²) in [6.07, 6.45) is 1.31. The van der Waals surface area contributed by atoms with Gasteiger partial charge in [-0.05, 0) is 31.2 Å². The van der Waals surface area contributed by atoms with E-state index in [9.17, 15) is 0 Å². The molecule has 0 aliphatic carbocycles. The van der Waals surface area contributed by atoms with Gasteiger partial charge in [0, 0.05) is 19.6 Å². The van der Waals surface area contributed by atoms with E-state index in [0.717, 1.165) is 36.6 Å². The number of methoxy groups -OCH3 is 1. The van der Waals surface area contributed by atoms with Crippen LogP contribution < -0.4 is 15.0 Å². The average Bonchev–Trinajstić information content (AvgIpc) is 2.83. The van der Waals surface area contributed by atoms with Crippen molar-refractivity contribution in [2.45, 2.75) is 19.1 Å². The van der Waals surface area contributed by atoms with Crippen LogP contribution in [0.1, 0.15) is 12.0 Å². The molecule has 1 aliphatic rings. The first-order valence-corrected chi connectivity index (χ1v) is 6.51. The second-order valence-corrected chi connectivity index (χ2v) is 4.80. The normalized spacial score (nSPS) is 19.6. The van der Waals surface area contributed by atoms with Crippen molar-refractivity contribution in [3.8, 4) is 11.5 Å². The van der Waals surface area contributed by atoms with Crippen molar-refractivity contribution in [3.63, 3.8) is 0 Å². The molecule has 1 unspecified atom stereocenters. The maximum Gasteiger partial charge on any atom is 0.161 e. The van der Waals surface area contributed by atoms with Crippen molar-refractivity contribution in [1.29, 1.82) is 0 Å². The monoisotopic (exact) mass is 266 g/mol. The lowest BCUT2D eigenvalue weighted by Crippen LogP contribution is -2.21. The topological polar surface area (TPSA) is 43.0 Å². The van der Waals surface area contributed by atoms with E-state index in [1.54, 1.807) is 14.2 Å². The van der Waals surface area contributed by atoms with Gasteiger partial charge in [0.15, 0.2) is 11.5 Å². The molecule has 1 aromatic carbocycles. The minimum absolute atomic E-state index is 0.252. The molecule has 1 saturated heterocycles. The van der Waals surface area contributed by atoms with Gasteiger partial charge >= 0.3 is 0 Å². The van der Waals surface area contributed by atoms with Crippen LogP contribution in [-0.2, 0) is 11.4 Å². The summed E-state index contributed by atoms with van der Waals surface area (Å²) in [4.78, 5) is 7.11. The fourth-order valence-corrected chi connectivity index (χ4v) is 2.25. The maximum atomic E-state index is 6.01. The molecule has 19 heavy (non-hydrogen) atoms. The second-order valence-electron chi connectivity index (χ2n) is 4.80. The predicted molar refractivity (Wildman–Crippen MR) is 73.4 cm³/mol. The number of likely N-dealkylation sites (N-methyl/N-ethyl adjacent to an activating group) is 1. The van der Waals surface area contributed by atoms with Gasteiger partial charge in [-0.1, -0.05) is 6.07 Å². The molecule has 1 fully saturated rings. The highest BCUT2D eigenvalue weighted by Crippen LogP contribution is 2.30. The first kappa shape index (κ1) is 14.1. The lowest BCUT2D eigenvalue weighted by molar-refractivity contribution is 0.0866. The summed E-state index contributed by atoms with van der Waals surface area (Å²) < 4.78 is 11.4. The Morgan fingerprint density at radius 3 is 2.79 bits per heavy atom. The Labute approximate surface area is 114 Å². The molecule has 106 valence electrons. The Bertz CT molecular complexity index is 412. The van der Waals surface area contributed by atoms with E-state index in [2.05, 4.69) is 17.4 Å². The van der Waals surface area contributed by atoms with Crippen LogP contribution in [0.5, 0.6) is 11.5 Å². The Morgan fingerprint density at radius 2 is 2.16 bits per heavy atom. The predicted octanol–water partition coefficient (Wildman–Crippen LogP) is 1.43. The highest BCUT2D eigenvalue weighted by atomic mass is 16.6. The standard InChI is InChI=1S/C14H22N2O3/c1-16-7-6-12(10-16)19-13-5-4-11(9-15-18-3)8-14(13)17-2/h4-5,8,12,15H,6-7,9-10H2,1-3H3. The minimum atomic E-state index is 0.252. The van der Waals surface area contributed by atoms with Crippen molar-refractivity contribution in [1.82, 2.24) is 10.4 Å². The number of nitrogens with one attached hydrogen (secondary N) is 1. The highest BCUT2D eigenvalue weighted by molar-refractivity contribution is 5.43. The lowest BCUT2D eigenvalue weighted by atomic mass is 10.2. The number of benzene rings is 1. The third-order valence-corrected chi connectivity index (χ3v) is 3.29. The molecule has 1 aliphatic heterocycles. The maximum absolute atomic E-state index is 6.01. The van der Waals surface area contributed by atoms with E-state index < -0.39 is 0 Å². The van der Waals surface area contributed by atoms with Gasteiger partial charge in [-0.15, -0.1) is 0 Å². The van der Waals surface area contributed by atoms with E-state index in [-0.39, 0.29) is 6.10 Å². The molecule has 0 bridgehead atoms. The first-order valence-electron chi connectivity index (χ1n) is 6.51. The van der Waals surface area contributed by atoms with Crippen LogP contribution in [0.2, 0.25) is 0 Å². The molecule has 1 aromatic rings. The van der Waals surface area contributed by atoms with E-state index in [0.29, 0.717) is 6.54 Å². The average molecular weight is 266 g/mol. The van der Waals surface area contributed by atoms with Crippen molar-refractivity contribution in [2.24, 2.45) is 0 Å². The summed E-state index contributed by atoms with van der Waals surface area (Å²) in [7, 11) is 5.38. The van der Waals surface area contributed by atoms with Crippen molar-refractivity contribution in [2.75, 3.05) is 34.4 Å². The first-order chi connectivity index (χ1) is 9.22. The largest absolute Gasteiger partial charge is 0.493 e. The molecular weight excluding hydrogens is 244 g/mol. The van der Waals surface area contributed by atoms with Gasteiger partial charge in [0.05, 0.1) is 14.2 Å². The molecule has 0 saturated carbocycles. The van der Waals surface area contributed by atoms with Crippen molar-refractivity contribution >= 4 is 0 Å². The zero-order valence-corrected chi connectivity index (χ0v) is 11.8. The summed E-state index contributed by atoms with van der Waals surface area (Å²) in [6, 6.07) is 5.95. The van der Waals surface area contributed by atoms with Crippen LogP contribution in [-0.4, -0.2) is 45.4 Å². The molecule has 0 amide bonds. The molecule has 0 radical (unpaired) electrons. The summed E-state index contributed by atoms with van der Waals surface area (Å²) in [5.41, 5.74) is 3.90. The zero-order valence-electron chi connectivity index (χ0n) is 11.8. The molecule has 2 rings (SSSR count). The smallest absolute Gasteiger partial charge is 0.161 e. The summed E-state index contributed by atoms with van der Waals surface area (Å²) >= 11 is 0. The highest BCUT2D eigenvalue weighted by Gasteiger charge is 2.22. The molecule has 5 nitrogen and oxygen atoms in total. The molecule has 1 heterocycles. The SMILES string of the molecule is CONCc1ccc(OC2CCN(C)C2)c(OC)c1. The molecule has 1 N–H and O–H groups in total. The number of rotatable bonds is 6. The summed E-state index contributed by atoms with van der Waals surface area (Å²) in [5.74, 6) is 1.58. The van der Waals surface area contributed by atoms with Crippen LogP contribution >= 0.6 is 0 Å². The Hall–Kier alpha value is -1.30. The third kappa shape index (κ3) is 3.83. The minimum Gasteiger partial charge on any atom is -0.493 e. The lowest BCUT2D eigenvalue weighted by Gasteiger charge is -2.17. The van der Waals surface area contributed by atoms with Gasteiger partial charge in [-0.3, -0.25) is 0 Å². The fourth-order valence-electron chi connectivity index (χ4n) is 2.25. The fraction of sp³-hybridized carbons (Fsp3) is 0.571. The third-order valence-electron chi connectivity index (χ3n) is 3.29. The Morgan fingerprint density at radius 1 is 1.32 bits per heavy atom. The molecule has 0 aromatic heterocycles. The van der Waals surface area contributed by atoms with Gasteiger partial charge in [0.25, 0.3) is 0 Å². The number of ether oxygens (including phenoxy) is 2. The van der Waals surface area contributed by atoms with Crippen molar-refractivity contribution < 1.29 is 14.3 Å². The number of likely N-dealkylation sites (tertiary alicyclic amines) is 1. The molecule has 1 atom stereocenters. The molecule has 5 heteroatoms. The number of hydrogen-bond donors (Lipinski definition) is 1. The Kier molecular flexibility index (Phi) is 5.01. The van der Waals surface area contributed by atoms with Crippen LogP contribution in [0.4, 0.5) is 0 Å². The number of nitrogens with zero attached hydrogens (tertiary/aromatic N) is 1. The summed E-state index contributed by atoms with van der Waals surface area (Å²) in [6.45, 7) is 2.69. The van der Waals surface area contributed by atoms with E-state index in [4.69, 9.17) is 14.3 Å².